The van der Waals surface area contributed by atoms with E-state index in [1.165, 1.54) is 4.90 Å². The van der Waals surface area contributed by atoms with Crippen molar-refractivity contribution in [1.82, 2.24) is 10.2 Å². The zero-order valence-electron chi connectivity index (χ0n) is 22.4. The minimum atomic E-state index is -4.09. The average molecular weight is 558 g/mol. The van der Waals surface area contributed by atoms with E-state index in [1.54, 1.807) is 24.3 Å². The van der Waals surface area contributed by atoms with Gasteiger partial charge in [-0.2, -0.15) is 0 Å². The maximum atomic E-state index is 14.0. The molecule has 0 fully saturated rings. The molecule has 0 heterocycles. The Bertz CT molecular complexity index is 1400. The van der Waals surface area contributed by atoms with E-state index in [9.17, 15) is 26.8 Å². The van der Waals surface area contributed by atoms with Crippen molar-refractivity contribution in [2.24, 2.45) is 0 Å². The normalized spacial score (nSPS) is 12.5. The van der Waals surface area contributed by atoms with Gasteiger partial charge in [0.1, 0.15) is 12.6 Å². The molecule has 3 rings (SSSR count). The van der Waals surface area contributed by atoms with Crippen molar-refractivity contribution in [3.8, 4) is 0 Å². The summed E-state index contributed by atoms with van der Waals surface area (Å²) < 4.78 is 53.6. The smallest absolute Gasteiger partial charge is 0.244 e. The molecule has 0 radical (unpaired) electrons. The first kappa shape index (κ1) is 29.8. The first-order valence-corrected chi connectivity index (χ1v) is 14.2. The number of nitrogens with one attached hydrogen (secondary N) is 1. The number of carbonyl (C=O) groups excluding carboxylic acids is 2. The Morgan fingerprint density at radius 2 is 1.44 bits per heavy atom. The van der Waals surface area contributed by atoms with Crippen molar-refractivity contribution >= 4 is 27.5 Å². The Kier molecular flexibility index (Phi) is 9.45. The fourth-order valence-corrected chi connectivity index (χ4v) is 4.88. The van der Waals surface area contributed by atoms with Crippen molar-refractivity contribution in [1.29, 1.82) is 0 Å². The molecule has 0 aliphatic rings. The molecule has 10 heteroatoms. The third-order valence-electron chi connectivity index (χ3n) is 5.84. The fraction of sp³-hybridized carbons (Fsp3) is 0.310. The van der Waals surface area contributed by atoms with E-state index in [-0.39, 0.29) is 18.7 Å². The maximum absolute atomic E-state index is 14.0. The molecule has 0 aliphatic carbocycles. The van der Waals surface area contributed by atoms with Gasteiger partial charge in [0.05, 0.1) is 11.9 Å². The van der Waals surface area contributed by atoms with Gasteiger partial charge in [0.2, 0.25) is 21.8 Å². The molecule has 0 bridgehead atoms. The molecule has 0 aromatic heterocycles. The van der Waals surface area contributed by atoms with E-state index < -0.39 is 51.6 Å². The summed E-state index contributed by atoms with van der Waals surface area (Å²) in [5.74, 6) is -3.49. The first-order chi connectivity index (χ1) is 18.2. The van der Waals surface area contributed by atoms with Gasteiger partial charge in [-0.3, -0.25) is 13.9 Å². The van der Waals surface area contributed by atoms with Crippen LogP contribution in [-0.4, -0.2) is 49.5 Å². The van der Waals surface area contributed by atoms with Crippen LogP contribution in [0.3, 0.4) is 0 Å². The number of nitrogens with zero attached hydrogens (tertiary/aromatic N) is 2. The van der Waals surface area contributed by atoms with Crippen LogP contribution in [0, 0.1) is 11.6 Å². The van der Waals surface area contributed by atoms with Gasteiger partial charge in [0.15, 0.2) is 11.6 Å². The molecule has 1 atom stereocenters. The van der Waals surface area contributed by atoms with Gasteiger partial charge >= 0.3 is 0 Å². The van der Waals surface area contributed by atoms with Gasteiger partial charge in [-0.15, -0.1) is 0 Å². The summed E-state index contributed by atoms with van der Waals surface area (Å²) in [5.41, 5.74) is 0.727. The number of rotatable bonds is 10. The minimum absolute atomic E-state index is 0.0180. The van der Waals surface area contributed by atoms with E-state index in [0.29, 0.717) is 4.31 Å². The molecule has 208 valence electrons. The first-order valence-electron chi connectivity index (χ1n) is 12.4. The highest BCUT2D eigenvalue weighted by atomic mass is 32.2. The zero-order chi connectivity index (χ0) is 28.8. The molecule has 3 aromatic rings. The van der Waals surface area contributed by atoms with E-state index in [2.05, 4.69) is 5.32 Å². The van der Waals surface area contributed by atoms with Crippen molar-refractivity contribution in [2.75, 3.05) is 17.1 Å². The van der Waals surface area contributed by atoms with Crippen LogP contribution in [0.15, 0.2) is 78.9 Å². The van der Waals surface area contributed by atoms with Crippen molar-refractivity contribution in [3.05, 3.63) is 102 Å². The van der Waals surface area contributed by atoms with Crippen LogP contribution in [0.2, 0.25) is 0 Å². The second-order valence-corrected chi connectivity index (χ2v) is 12.2. The molecule has 39 heavy (non-hydrogen) atoms. The Hall–Kier alpha value is -3.79. The van der Waals surface area contributed by atoms with Crippen molar-refractivity contribution in [3.63, 3.8) is 0 Å². The van der Waals surface area contributed by atoms with Crippen LogP contribution < -0.4 is 9.62 Å². The number of benzene rings is 3. The minimum Gasteiger partial charge on any atom is -0.350 e. The summed E-state index contributed by atoms with van der Waals surface area (Å²) in [4.78, 5) is 28.8. The molecule has 0 aliphatic heterocycles. The third kappa shape index (κ3) is 8.61. The lowest BCUT2D eigenvalue weighted by Crippen LogP contribution is -2.56. The van der Waals surface area contributed by atoms with Crippen LogP contribution >= 0.6 is 0 Å². The van der Waals surface area contributed by atoms with Crippen LogP contribution in [0.4, 0.5) is 14.5 Å². The standard InChI is InChI=1S/C29H33F2N3O4S/c1-29(2,3)32-28(36)26(17-21-11-7-5-8-12-21)33(19-22-13-9-6-10-14-22)27(35)20-34(39(4,37)38)23-15-16-24(30)25(31)18-23/h5-16,18,26H,17,19-20H2,1-4H3,(H,32,36)/t26-/m1/s1. The zero-order valence-corrected chi connectivity index (χ0v) is 23.2. The quantitative estimate of drug-likeness (QED) is 0.403. The van der Waals surface area contributed by atoms with Gasteiger partial charge in [-0.25, -0.2) is 17.2 Å². The van der Waals surface area contributed by atoms with Gasteiger partial charge in [0.25, 0.3) is 0 Å². The number of halogens is 2. The van der Waals surface area contributed by atoms with Crippen LogP contribution in [-0.2, 0) is 32.6 Å². The van der Waals surface area contributed by atoms with Crippen molar-refractivity contribution in [2.45, 2.75) is 45.3 Å². The van der Waals surface area contributed by atoms with Crippen LogP contribution in [0.25, 0.3) is 0 Å². The lowest BCUT2D eigenvalue weighted by molar-refractivity contribution is -0.140. The molecular formula is C29H33F2N3O4S. The molecule has 0 unspecified atom stereocenters. The fourth-order valence-electron chi connectivity index (χ4n) is 4.04. The molecule has 0 saturated carbocycles. The molecule has 3 aromatic carbocycles. The summed E-state index contributed by atoms with van der Waals surface area (Å²) in [6.07, 6.45) is 1.04. The van der Waals surface area contributed by atoms with Gasteiger partial charge in [-0.05, 0) is 44.0 Å². The van der Waals surface area contributed by atoms with E-state index in [1.807, 2.05) is 57.2 Å². The topological polar surface area (TPSA) is 86.8 Å². The second kappa shape index (κ2) is 12.4. The largest absolute Gasteiger partial charge is 0.350 e. The summed E-state index contributed by atoms with van der Waals surface area (Å²) in [6, 6.07) is 19.8. The summed E-state index contributed by atoms with van der Waals surface area (Å²) in [5, 5.41) is 2.93. The SMILES string of the molecule is CC(C)(C)NC(=O)[C@@H](Cc1ccccc1)N(Cc1ccccc1)C(=O)CN(c1ccc(F)c(F)c1)S(C)(=O)=O. The molecule has 7 nitrogen and oxygen atoms in total. The summed E-state index contributed by atoms with van der Waals surface area (Å²) >= 11 is 0. The lowest BCUT2D eigenvalue weighted by Gasteiger charge is -2.35. The Labute approximate surface area is 228 Å². The number of carbonyl (C=O) groups is 2. The average Bonchev–Trinajstić information content (AvgIpc) is 2.86. The highest BCUT2D eigenvalue weighted by molar-refractivity contribution is 7.92. The third-order valence-corrected chi connectivity index (χ3v) is 6.98. The predicted octanol–water partition coefficient (Wildman–Crippen LogP) is 4.29. The van der Waals surface area contributed by atoms with E-state index in [4.69, 9.17) is 0 Å². The Morgan fingerprint density at radius 3 is 1.95 bits per heavy atom. The number of sulfonamides is 1. The van der Waals surface area contributed by atoms with Gasteiger partial charge in [-0.1, -0.05) is 60.7 Å². The molecular weight excluding hydrogens is 524 g/mol. The number of hydrogen-bond acceptors (Lipinski definition) is 4. The second-order valence-electron chi connectivity index (χ2n) is 10.3. The highest BCUT2D eigenvalue weighted by Gasteiger charge is 2.34. The van der Waals surface area contributed by atoms with Crippen molar-refractivity contribution < 1.29 is 26.8 Å². The van der Waals surface area contributed by atoms with Crippen LogP contribution in [0.5, 0.6) is 0 Å². The number of amides is 2. The lowest BCUT2D eigenvalue weighted by atomic mass is 10.0. The van der Waals surface area contributed by atoms with E-state index >= 15 is 0 Å². The monoisotopic (exact) mass is 557 g/mol. The predicted molar refractivity (Wildman–Crippen MR) is 147 cm³/mol. The molecule has 0 spiro atoms. The molecule has 1 N–H and O–H groups in total. The number of hydrogen-bond donors (Lipinski definition) is 1. The molecule has 0 saturated heterocycles. The van der Waals surface area contributed by atoms with Gasteiger partial charge < -0.3 is 10.2 Å². The Balaban J connectivity index is 2.06. The highest BCUT2D eigenvalue weighted by Crippen LogP contribution is 2.22. The van der Waals surface area contributed by atoms with Crippen LogP contribution in [0.1, 0.15) is 31.9 Å². The van der Waals surface area contributed by atoms with E-state index in [0.717, 1.165) is 35.6 Å². The summed E-state index contributed by atoms with van der Waals surface area (Å²) in [6.45, 7) is 4.77. The number of anilines is 1. The summed E-state index contributed by atoms with van der Waals surface area (Å²) in [7, 11) is -4.09. The molecule has 2 amide bonds. The van der Waals surface area contributed by atoms with Gasteiger partial charge in [0, 0.05) is 24.6 Å². The maximum Gasteiger partial charge on any atom is 0.244 e. The Morgan fingerprint density at radius 1 is 0.872 bits per heavy atom.